The van der Waals surface area contributed by atoms with Crippen molar-refractivity contribution in [1.29, 1.82) is 0 Å². The summed E-state index contributed by atoms with van der Waals surface area (Å²) in [5, 5.41) is 13.2. The van der Waals surface area contributed by atoms with Crippen LogP contribution in [-0.4, -0.2) is 48.3 Å². The second-order valence-electron chi connectivity index (χ2n) is 6.05. The molecule has 1 aliphatic heterocycles. The highest BCUT2D eigenvalue weighted by Gasteiger charge is 2.24. The maximum Gasteiger partial charge on any atom is 0.0626 e. The third-order valence-electron chi connectivity index (χ3n) is 4.56. The van der Waals surface area contributed by atoms with Crippen molar-refractivity contribution in [2.45, 2.75) is 44.3 Å². The molecule has 2 atom stereocenters. The zero-order chi connectivity index (χ0) is 15.1. The molecule has 0 aromatic heterocycles. The van der Waals surface area contributed by atoms with Gasteiger partial charge >= 0.3 is 0 Å². The highest BCUT2D eigenvalue weighted by atomic mass is 16.3. The quantitative estimate of drug-likeness (QED) is 0.713. The minimum atomic E-state index is 0.0456. The lowest BCUT2D eigenvalue weighted by molar-refractivity contribution is 0.135. The van der Waals surface area contributed by atoms with Gasteiger partial charge in [-0.15, -0.1) is 0 Å². The van der Waals surface area contributed by atoms with Crippen molar-refractivity contribution in [3.05, 3.63) is 35.9 Å². The zero-order valence-electron chi connectivity index (χ0n) is 13.0. The van der Waals surface area contributed by atoms with Gasteiger partial charge in [-0.1, -0.05) is 30.3 Å². The number of benzene rings is 1. The lowest BCUT2D eigenvalue weighted by Crippen LogP contribution is -2.47. The van der Waals surface area contributed by atoms with E-state index in [0.29, 0.717) is 12.1 Å². The van der Waals surface area contributed by atoms with Crippen molar-refractivity contribution in [2.75, 3.05) is 26.2 Å². The number of nitrogens with one attached hydrogen (secondary N) is 1. The Balaban J connectivity index is 1.82. The topological polar surface area (TPSA) is 61.5 Å². The maximum absolute atomic E-state index is 9.63. The van der Waals surface area contributed by atoms with E-state index < -0.39 is 0 Å². The number of nitrogens with two attached hydrogens (primary N) is 1. The number of hydrogen-bond acceptors (Lipinski definition) is 4. The molecule has 1 saturated heterocycles. The van der Waals surface area contributed by atoms with Crippen molar-refractivity contribution in [3.63, 3.8) is 0 Å². The average molecular weight is 291 g/mol. The Morgan fingerprint density at radius 2 is 1.95 bits per heavy atom. The second-order valence-corrected chi connectivity index (χ2v) is 6.05. The summed E-state index contributed by atoms with van der Waals surface area (Å²) in [6.45, 7) is 5.41. The van der Waals surface area contributed by atoms with Crippen molar-refractivity contribution < 1.29 is 5.11 Å². The summed E-state index contributed by atoms with van der Waals surface area (Å²) in [6.07, 6.45) is 3.35. The van der Waals surface area contributed by atoms with Gasteiger partial charge in [0.25, 0.3) is 0 Å². The molecule has 0 amide bonds. The first kappa shape index (κ1) is 16.4. The van der Waals surface area contributed by atoms with Crippen LogP contribution >= 0.6 is 0 Å². The summed E-state index contributed by atoms with van der Waals surface area (Å²) >= 11 is 0. The molecule has 1 aliphatic rings. The van der Waals surface area contributed by atoms with Gasteiger partial charge in [0, 0.05) is 12.1 Å². The number of hydrogen-bond donors (Lipinski definition) is 3. The molecule has 0 aliphatic carbocycles. The normalized spacial score (nSPS) is 20.3. The molecular formula is C17H29N3O. The van der Waals surface area contributed by atoms with E-state index >= 15 is 0 Å². The summed E-state index contributed by atoms with van der Waals surface area (Å²) in [7, 11) is 0. The minimum absolute atomic E-state index is 0.0456. The first-order valence-corrected chi connectivity index (χ1v) is 8.10. The van der Waals surface area contributed by atoms with Gasteiger partial charge in [-0.05, 0) is 51.4 Å². The lowest BCUT2D eigenvalue weighted by atomic mass is 9.99. The first-order chi connectivity index (χ1) is 10.2. The van der Waals surface area contributed by atoms with Gasteiger partial charge in [0.05, 0.1) is 12.6 Å². The van der Waals surface area contributed by atoms with Crippen LogP contribution in [0.15, 0.2) is 30.3 Å². The molecular weight excluding hydrogens is 262 g/mol. The number of rotatable bonds is 7. The van der Waals surface area contributed by atoms with Crippen molar-refractivity contribution >= 4 is 0 Å². The monoisotopic (exact) mass is 291 g/mol. The smallest absolute Gasteiger partial charge is 0.0626 e. The fraction of sp³-hybridized carbons (Fsp3) is 0.647. The molecule has 1 aromatic rings. The summed E-state index contributed by atoms with van der Waals surface area (Å²) in [4.78, 5) is 2.53. The molecule has 0 saturated carbocycles. The van der Waals surface area contributed by atoms with Crippen LogP contribution in [0.1, 0.15) is 37.8 Å². The highest BCUT2D eigenvalue weighted by molar-refractivity contribution is 5.19. The Kier molecular flexibility index (Phi) is 6.64. The zero-order valence-corrected chi connectivity index (χ0v) is 13.0. The summed E-state index contributed by atoms with van der Waals surface area (Å²) in [6, 6.07) is 11.3. The predicted molar refractivity (Wildman–Crippen MR) is 87.1 cm³/mol. The molecule has 4 heteroatoms. The number of aliphatic hydroxyl groups is 1. The third-order valence-corrected chi connectivity index (χ3v) is 4.56. The van der Waals surface area contributed by atoms with Gasteiger partial charge in [0.1, 0.15) is 0 Å². The van der Waals surface area contributed by atoms with Crippen LogP contribution in [0, 0.1) is 0 Å². The maximum atomic E-state index is 9.63. The Bertz CT molecular complexity index is 390. The number of piperidine rings is 1. The number of aliphatic hydroxyl groups excluding tert-OH is 1. The number of likely N-dealkylation sites (tertiary alicyclic amines) is 1. The van der Waals surface area contributed by atoms with Crippen LogP contribution in [0.3, 0.4) is 0 Å². The molecule has 118 valence electrons. The summed E-state index contributed by atoms with van der Waals surface area (Å²) < 4.78 is 0. The van der Waals surface area contributed by atoms with E-state index in [9.17, 15) is 5.11 Å². The molecule has 2 rings (SSSR count). The Morgan fingerprint density at radius 1 is 1.29 bits per heavy atom. The minimum Gasteiger partial charge on any atom is -0.394 e. The van der Waals surface area contributed by atoms with Gasteiger partial charge in [0.15, 0.2) is 0 Å². The van der Waals surface area contributed by atoms with Gasteiger partial charge < -0.3 is 21.1 Å². The van der Waals surface area contributed by atoms with Crippen LogP contribution in [0.25, 0.3) is 0 Å². The van der Waals surface area contributed by atoms with Gasteiger partial charge in [-0.2, -0.15) is 0 Å². The fourth-order valence-electron chi connectivity index (χ4n) is 3.15. The van der Waals surface area contributed by atoms with E-state index in [-0.39, 0.29) is 12.6 Å². The van der Waals surface area contributed by atoms with E-state index in [4.69, 9.17) is 5.73 Å². The van der Waals surface area contributed by atoms with Gasteiger partial charge in [-0.25, -0.2) is 0 Å². The molecule has 1 aromatic carbocycles. The molecule has 2 unspecified atom stereocenters. The van der Waals surface area contributed by atoms with E-state index in [0.717, 1.165) is 38.9 Å². The van der Waals surface area contributed by atoms with Crippen molar-refractivity contribution in [3.8, 4) is 0 Å². The van der Waals surface area contributed by atoms with Crippen LogP contribution in [-0.2, 0) is 0 Å². The SMILES string of the molecule is CC(CCN)N1CCC(NC(CO)c2ccccc2)CC1. The van der Waals surface area contributed by atoms with E-state index in [1.165, 1.54) is 5.56 Å². The van der Waals surface area contributed by atoms with Crippen LogP contribution in [0.2, 0.25) is 0 Å². The molecule has 0 bridgehead atoms. The molecule has 1 heterocycles. The largest absolute Gasteiger partial charge is 0.394 e. The lowest BCUT2D eigenvalue weighted by Gasteiger charge is -2.37. The van der Waals surface area contributed by atoms with Crippen LogP contribution in [0.4, 0.5) is 0 Å². The number of nitrogens with zero attached hydrogens (tertiary/aromatic N) is 1. The van der Waals surface area contributed by atoms with E-state index in [1.807, 2.05) is 18.2 Å². The van der Waals surface area contributed by atoms with E-state index in [2.05, 4.69) is 29.3 Å². The fourth-order valence-corrected chi connectivity index (χ4v) is 3.15. The van der Waals surface area contributed by atoms with Gasteiger partial charge in [0.2, 0.25) is 0 Å². The van der Waals surface area contributed by atoms with Gasteiger partial charge in [-0.3, -0.25) is 0 Å². The predicted octanol–water partition coefficient (Wildman–Crippen LogP) is 1.51. The molecule has 4 nitrogen and oxygen atoms in total. The van der Waals surface area contributed by atoms with E-state index in [1.54, 1.807) is 0 Å². The summed E-state index contributed by atoms with van der Waals surface area (Å²) in [5.41, 5.74) is 6.81. The first-order valence-electron chi connectivity index (χ1n) is 8.10. The Hall–Kier alpha value is -0.940. The molecule has 0 spiro atoms. The van der Waals surface area contributed by atoms with Crippen LogP contribution < -0.4 is 11.1 Å². The van der Waals surface area contributed by atoms with Crippen molar-refractivity contribution in [1.82, 2.24) is 10.2 Å². The average Bonchev–Trinajstić information content (AvgIpc) is 2.54. The highest BCUT2D eigenvalue weighted by Crippen LogP contribution is 2.19. The molecule has 21 heavy (non-hydrogen) atoms. The molecule has 0 radical (unpaired) electrons. The Morgan fingerprint density at radius 3 is 2.52 bits per heavy atom. The van der Waals surface area contributed by atoms with Crippen molar-refractivity contribution in [2.24, 2.45) is 5.73 Å². The standard InChI is InChI=1S/C17H29N3O/c1-14(7-10-18)20-11-8-16(9-12-20)19-17(13-21)15-5-3-2-4-6-15/h2-6,14,16-17,19,21H,7-13,18H2,1H3. The second kappa shape index (κ2) is 8.49. The summed E-state index contributed by atoms with van der Waals surface area (Å²) in [5.74, 6) is 0. The Labute approximate surface area is 128 Å². The molecule has 1 fully saturated rings. The third kappa shape index (κ3) is 4.78. The van der Waals surface area contributed by atoms with Crippen LogP contribution in [0.5, 0.6) is 0 Å². The molecule has 4 N–H and O–H groups in total.